The van der Waals surface area contributed by atoms with Gasteiger partial charge in [0.25, 0.3) is 0 Å². The number of hydrogen-bond donors (Lipinski definition) is 3. The summed E-state index contributed by atoms with van der Waals surface area (Å²) < 4.78 is 30.3. The zero-order valence-corrected chi connectivity index (χ0v) is 19.0. The first-order valence-corrected chi connectivity index (χ1v) is 10.7. The third-order valence-corrected chi connectivity index (χ3v) is 4.82. The van der Waals surface area contributed by atoms with Crippen molar-refractivity contribution in [3.05, 3.63) is 24.3 Å². The van der Waals surface area contributed by atoms with E-state index in [0.717, 1.165) is 25.9 Å². The van der Waals surface area contributed by atoms with Crippen LogP contribution in [0.1, 0.15) is 19.8 Å². The molecule has 1 aromatic rings. The molecule has 4 N–H and O–H groups in total. The Morgan fingerprint density at radius 1 is 1.37 bits per heavy atom. The number of ether oxygens (including phenoxy) is 1. The lowest BCUT2D eigenvalue weighted by atomic mass is 10.2. The van der Waals surface area contributed by atoms with E-state index in [2.05, 4.69) is 26.9 Å². The summed E-state index contributed by atoms with van der Waals surface area (Å²) in [5, 5.41) is 3.04. The number of nitrogens with zero attached hydrogens (tertiary/aromatic N) is 2. The third-order valence-electron chi connectivity index (χ3n) is 4.21. The number of guanidine groups is 1. The topological polar surface area (TPSA) is 109 Å². The Morgan fingerprint density at radius 3 is 2.70 bits per heavy atom. The summed E-state index contributed by atoms with van der Waals surface area (Å²) in [6.45, 7) is 6.07. The van der Waals surface area contributed by atoms with Crippen LogP contribution in [0, 0.1) is 0 Å². The molecule has 0 spiro atoms. The number of anilines is 1. The molecule has 0 bridgehead atoms. The molecule has 1 unspecified atom stereocenters. The lowest BCUT2D eigenvalue weighted by Crippen LogP contribution is -2.37. The van der Waals surface area contributed by atoms with E-state index in [9.17, 15) is 8.42 Å². The molecule has 1 aromatic carbocycles. The Morgan fingerprint density at radius 2 is 2.07 bits per heavy atom. The molecule has 1 fully saturated rings. The van der Waals surface area contributed by atoms with Gasteiger partial charge in [0.05, 0.1) is 19.3 Å². The quantitative estimate of drug-likeness (QED) is 0.201. The number of hydrogen-bond acceptors (Lipinski definition) is 5. The zero-order chi connectivity index (χ0) is 19.0. The maximum Gasteiger partial charge on any atom is 0.229 e. The van der Waals surface area contributed by atoms with Crippen molar-refractivity contribution in [1.82, 2.24) is 10.2 Å². The van der Waals surface area contributed by atoms with Crippen LogP contribution in [0.15, 0.2) is 29.3 Å². The van der Waals surface area contributed by atoms with E-state index in [-0.39, 0.29) is 24.0 Å². The molecule has 8 nitrogen and oxygen atoms in total. The second kappa shape index (κ2) is 11.5. The van der Waals surface area contributed by atoms with Crippen LogP contribution in [0.4, 0.5) is 5.69 Å². The molecule has 2 rings (SSSR count). The highest BCUT2D eigenvalue weighted by atomic mass is 127. The minimum atomic E-state index is -3.27. The summed E-state index contributed by atoms with van der Waals surface area (Å²) in [5.74, 6) is 1.09. The van der Waals surface area contributed by atoms with Crippen LogP contribution in [-0.2, 0) is 10.0 Å². The standard InChI is InChI=1S/C17H29N5O3S.HI/c1-3-22-11-4-5-15(22)13-20-17(18)19-10-12-25-16-8-6-14(7-9-16)21-26(2,23)24;/h6-9,15,21H,3-5,10-13H2,1-2H3,(H3,18,19,20);1H. The molecule has 1 heterocycles. The third kappa shape index (κ3) is 8.98. The highest BCUT2D eigenvalue weighted by molar-refractivity contribution is 14.0. The summed E-state index contributed by atoms with van der Waals surface area (Å²) in [4.78, 5) is 6.85. The Bertz CT molecular complexity index is 697. The van der Waals surface area contributed by atoms with Crippen molar-refractivity contribution in [3.8, 4) is 5.75 Å². The van der Waals surface area contributed by atoms with Gasteiger partial charge in [0, 0.05) is 11.7 Å². The molecule has 0 aromatic heterocycles. The summed E-state index contributed by atoms with van der Waals surface area (Å²) in [6, 6.07) is 7.23. The van der Waals surface area contributed by atoms with Crippen LogP contribution in [0.5, 0.6) is 5.75 Å². The van der Waals surface area contributed by atoms with E-state index in [1.807, 2.05) is 0 Å². The monoisotopic (exact) mass is 511 g/mol. The van der Waals surface area contributed by atoms with Crippen molar-refractivity contribution >= 4 is 45.6 Å². The van der Waals surface area contributed by atoms with Crippen LogP contribution in [0.25, 0.3) is 0 Å². The van der Waals surface area contributed by atoms with Crippen LogP contribution in [-0.4, -0.2) is 64.4 Å². The maximum atomic E-state index is 11.2. The van der Waals surface area contributed by atoms with Crippen LogP contribution < -0.4 is 20.5 Å². The van der Waals surface area contributed by atoms with Gasteiger partial charge in [0.15, 0.2) is 5.96 Å². The van der Waals surface area contributed by atoms with E-state index in [1.54, 1.807) is 24.3 Å². The molecule has 1 saturated heterocycles. The predicted molar refractivity (Wildman–Crippen MR) is 121 cm³/mol. The van der Waals surface area contributed by atoms with Crippen LogP contribution >= 0.6 is 24.0 Å². The fourth-order valence-corrected chi connectivity index (χ4v) is 3.52. The van der Waals surface area contributed by atoms with Gasteiger partial charge >= 0.3 is 0 Å². The minimum Gasteiger partial charge on any atom is -0.492 e. The number of halogens is 1. The van der Waals surface area contributed by atoms with Crippen molar-refractivity contribution in [1.29, 1.82) is 0 Å². The van der Waals surface area contributed by atoms with Crippen molar-refractivity contribution in [3.63, 3.8) is 0 Å². The van der Waals surface area contributed by atoms with E-state index in [4.69, 9.17) is 10.5 Å². The van der Waals surface area contributed by atoms with Gasteiger partial charge < -0.3 is 15.8 Å². The first kappa shape index (κ1) is 23.8. The zero-order valence-electron chi connectivity index (χ0n) is 15.8. The highest BCUT2D eigenvalue weighted by Gasteiger charge is 2.22. The van der Waals surface area contributed by atoms with E-state index >= 15 is 0 Å². The summed E-state index contributed by atoms with van der Waals surface area (Å²) in [7, 11) is -3.27. The van der Waals surface area contributed by atoms with Crippen LogP contribution in [0.2, 0.25) is 0 Å². The maximum absolute atomic E-state index is 11.2. The van der Waals surface area contributed by atoms with Gasteiger partial charge in [-0.2, -0.15) is 0 Å². The average molecular weight is 511 g/mol. The molecular weight excluding hydrogens is 481 g/mol. The van der Waals surface area contributed by atoms with Gasteiger partial charge in [0.2, 0.25) is 10.0 Å². The number of benzene rings is 1. The number of sulfonamides is 1. The fraction of sp³-hybridized carbons (Fsp3) is 0.588. The van der Waals surface area contributed by atoms with E-state index < -0.39 is 10.0 Å². The number of rotatable bonds is 9. The van der Waals surface area contributed by atoms with E-state index in [1.165, 1.54) is 12.8 Å². The number of aliphatic imine (C=N–C) groups is 1. The number of nitrogens with one attached hydrogen (secondary N) is 2. The van der Waals surface area contributed by atoms with E-state index in [0.29, 0.717) is 36.6 Å². The fourth-order valence-electron chi connectivity index (χ4n) is 2.96. The lowest BCUT2D eigenvalue weighted by molar-refractivity contribution is 0.273. The number of nitrogens with two attached hydrogens (primary N) is 1. The molecule has 0 amide bonds. The highest BCUT2D eigenvalue weighted by Crippen LogP contribution is 2.17. The molecule has 1 aliphatic heterocycles. The van der Waals surface area contributed by atoms with Gasteiger partial charge in [0.1, 0.15) is 12.4 Å². The molecule has 1 atom stereocenters. The molecule has 154 valence electrons. The molecule has 1 aliphatic rings. The van der Waals surface area contributed by atoms with Gasteiger partial charge in [-0.25, -0.2) is 8.42 Å². The Hall–Kier alpha value is -1.27. The Balaban J connectivity index is 0.00000364. The second-order valence-corrected chi connectivity index (χ2v) is 8.07. The Labute approximate surface area is 179 Å². The summed E-state index contributed by atoms with van der Waals surface area (Å²) in [5.41, 5.74) is 6.40. The average Bonchev–Trinajstić information content (AvgIpc) is 3.04. The molecule has 27 heavy (non-hydrogen) atoms. The van der Waals surface area contributed by atoms with Gasteiger partial charge in [-0.3, -0.25) is 14.6 Å². The van der Waals surface area contributed by atoms with Crippen LogP contribution in [0.3, 0.4) is 0 Å². The second-order valence-electron chi connectivity index (χ2n) is 6.32. The van der Waals surface area contributed by atoms with Crippen molar-refractivity contribution in [2.75, 3.05) is 43.8 Å². The minimum absolute atomic E-state index is 0. The largest absolute Gasteiger partial charge is 0.492 e. The molecule has 0 saturated carbocycles. The number of likely N-dealkylation sites (tertiary alicyclic amines) is 1. The van der Waals surface area contributed by atoms with Crippen molar-refractivity contribution < 1.29 is 13.2 Å². The normalized spacial score (nSPS) is 18.0. The SMILES string of the molecule is CCN1CCCC1CN=C(N)NCCOc1ccc(NS(C)(=O)=O)cc1.I. The van der Waals surface area contributed by atoms with Crippen molar-refractivity contribution in [2.24, 2.45) is 10.7 Å². The molecule has 10 heteroatoms. The summed E-state index contributed by atoms with van der Waals surface area (Å²) >= 11 is 0. The molecule has 0 aliphatic carbocycles. The molecular formula is C17H30IN5O3S. The predicted octanol–water partition coefficient (Wildman–Crippen LogP) is 1.44. The van der Waals surface area contributed by atoms with Gasteiger partial charge in [-0.15, -0.1) is 24.0 Å². The first-order valence-electron chi connectivity index (χ1n) is 8.86. The van der Waals surface area contributed by atoms with Crippen molar-refractivity contribution in [2.45, 2.75) is 25.8 Å². The van der Waals surface area contributed by atoms with Gasteiger partial charge in [-0.1, -0.05) is 6.92 Å². The lowest BCUT2D eigenvalue weighted by Gasteiger charge is -2.20. The molecule has 0 radical (unpaired) electrons. The smallest absolute Gasteiger partial charge is 0.229 e. The number of likely N-dealkylation sites (N-methyl/N-ethyl adjacent to an activating group) is 1. The van der Waals surface area contributed by atoms with Gasteiger partial charge in [-0.05, 0) is 50.2 Å². The summed E-state index contributed by atoms with van der Waals surface area (Å²) in [6.07, 6.45) is 3.52. The first-order chi connectivity index (χ1) is 12.4. The Kier molecular flexibility index (Phi) is 10.2.